The first-order chi connectivity index (χ1) is 33.0. The lowest BCUT2D eigenvalue weighted by Gasteiger charge is -2.42. The van der Waals surface area contributed by atoms with Gasteiger partial charge >= 0.3 is 0 Å². The standard InChI is InChI=1S/C64H44N2O/c1-63(2)51-23-10-11-25-55(51)65(45-35-31-42(32-36-45)41-17-4-3-5-18-41)56-38-34-44(40-54(56)63)43-33-37-48-53(39-43)64(49-21-8-6-19-46(49)47-20-7-9-22-50(47)64)52-24-16-28-59(62(48)52)66-57-26-12-14-29-60(57)67-61-30-15-13-27-58(61)66/h3-40H,1-2H3. The van der Waals surface area contributed by atoms with Gasteiger partial charge in [0, 0.05) is 16.7 Å². The Morgan fingerprint density at radius 2 is 0.806 bits per heavy atom. The lowest BCUT2D eigenvalue weighted by Crippen LogP contribution is -2.30. The highest BCUT2D eigenvalue weighted by atomic mass is 16.5. The highest BCUT2D eigenvalue weighted by Crippen LogP contribution is 2.66. The largest absolute Gasteiger partial charge is 0.453 e. The molecule has 14 rings (SSSR count). The van der Waals surface area contributed by atoms with Gasteiger partial charge < -0.3 is 14.5 Å². The van der Waals surface area contributed by atoms with Gasteiger partial charge in [0.2, 0.25) is 0 Å². The first kappa shape index (κ1) is 37.9. The summed E-state index contributed by atoms with van der Waals surface area (Å²) in [5, 5.41) is 0. The lowest BCUT2D eigenvalue weighted by molar-refractivity contribution is 0.477. The van der Waals surface area contributed by atoms with Crippen LogP contribution in [0, 0.1) is 0 Å². The van der Waals surface area contributed by atoms with Crippen LogP contribution in [0.2, 0.25) is 0 Å². The Morgan fingerprint density at radius 1 is 0.313 bits per heavy atom. The smallest absolute Gasteiger partial charge is 0.151 e. The molecular weight excluding hydrogens is 813 g/mol. The van der Waals surface area contributed by atoms with Crippen molar-refractivity contribution in [1.29, 1.82) is 0 Å². The number of para-hydroxylation sites is 5. The zero-order valence-electron chi connectivity index (χ0n) is 37.2. The molecule has 0 unspecified atom stereocenters. The van der Waals surface area contributed by atoms with Gasteiger partial charge in [-0.1, -0.05) is 178 Å². The molecule has 2 heterocycles. The topological polar surface area (TPSA) is 15.7 Å². The van der Waals surface area contributed by atoms with E-state index in [9.17, 15) is 0 Å². The Balaban J connectivity index is 0.979. The van der Waals surface area contributed by atoms with Crippen molar-refractivity contribution in [3.05, 3.63) is 264 Å². The van der Waals surface area contributed by atoms with E-state index in [0.29, 0.717) is 0 Å². The highest BCUT2D eigenvalue weighted by Gasteiger charge is 2.53. The fourth-order valence-electron chi connectivity index (χ4n) is 12.1. The summed E-state index contributed by atoms with van der Waals surface area (Å²) in [4.78, 5) is 4.87. The molecule has 0 bridgehead atoms. The molecule has 0 saturated carbocycles. The normalized spacial score (nSPS) is 14.7. The summed E-state index contributed by atoms with van der Waals surface area (Å²) in [5.74, 6) is 1.69. The Labute approximate surface area is 391 Å². The molecule has 67 heavy (non-hydrogen) atoms. The van der Waals surface area contributed by atoms with Gasteiger partial charge in [0.15, 0.2) is 11.5 Å². The molecule has 0 N–H and O–H groups in total. The van der Waals surface area contributed by atoms with Gasteiger partial charge in [0.1, 0.15) is 0 Å². The summed E-state index contributed by atoms with van der Waals surface area (Å²) in [7, 11) is 0. The monoisotopic (exact) mass is 856 g/mol. The average Bonchev–Trinajstić information content (AvgIpc) is 3.86. The maximum absolute atomic E-state index is 6.55. The Kier molecular flexibility index (Phi) is 7.95. The molecule has 1 spiro atoms. The van der Waals surface area contributed by atoms with E-state index >= 15 is 0 Å². The van der Waals surface area contributed by atoms with Crippen molar-refractivity contribution in [2.24, 2.45) is 0 Å². The van der Waals surface area contributed by atoms with Gasteiger partial charge in [0.05, 0.1) is 33.9 Å². The van der Waals surface area contributed by atoms with Crippen LogP contribution in [0.4, 0.5) is 34.1 Å². The minimum absolute atomic E-state index is 0.250. The second kappa shape index (κ2) is 14.1. The Bertz CT molecular complexity index is 3570. The molecule has 0 saturated heterocycles. The zero-order valence-corrected chi connectivity index (χ0v) is 37.2. The van der Waals surface area contributed by atoms with Crippen molar-refractivity contribution in [3.63, 3.8) is 0 Å². The highest BCUT2D eigenvalue weighted by molar-refractivity contribution is 6.03. The number of hydrogen-bond donors (Lipinski definition) is 0. The summed E-state index contributed by atoms with van der Waals surface area (Å²) in [6.07, 6.45) is 0. The number of fused-ring (bicyclic) bond motifs is 14. The number of anilines is 6. The molecule has 0 amide bonds. The van der Waals surface area contributed by atoms with Gasteiger partial charge in [-0.25, -0.2) is 0 Å². The predicted octanol–water partition coefficient (Wildman–Crippen LogP) is 17.0. The van der Waals surface area contributed by atoms with Crippen molar-refractivity contribution in [1.82, 2.24) is 0 Å². The molecule has 0 atom stereocenters. The number of hydrogen-bond acceptors (Lipinski definition) is 3. The van der Waals surface area contributed by atoms with Crippen LogP contribution in [0.5, 0.6) is 11.5 Å². The summed E-state index contributed by atoms with van der Waals surface area (Å²) in [5.41, 5.74) is 23.8. The fraction of sp³-hybridized carbons (Fsp3) is 0.0625. The van der Waals surface area contributed by atoms with E-state index in [1.54, 1.807) is 0 Å². The van der Waals surface area contributed by atoms with E-state index in [1.165, 1.54) is 89.3 Å². The minimum atomic E-state index is -0.537. The van der Waals surface area contributed by atoms with Gasteiger partial charge in [-0.15, -0.1) is 0 Å². The number of nitrogens with zero attached hydrogens (tertiary/aromatic N) is 2. The van der Waals surface area contributed by atoms with Crippen LogP contribution in [-0.2, 0) is 10.8 Å². The van der Waals surface area contributed by atoms with E-state index in [-0.39, 0.29) is 5.41 Å². The maximum Gasteiger partial charge on any atom is 0.151 e. The molecule has 0 radical (unpaired) electrons. The first-order valence-corrected chi connectivity index (χ1v) is 23.3. The first-order valence-electron chi connectivity index (χ1n) is 23.3. The Hall–Kier alpha value is -8.40. The SMILES string of the molecule is CC1(C)c2ccccc2N(c2ccc(-c3ccccc3)cc2)c2ccc(-c3ccc4c(c3)C3(c5ccccc5-c5ccccc53)c3cccc(N5c6ccccc6Oc6ccccc65)c3-4)cc21. The molecule has 0 fully saturated rings. The summed E-state index contributed by atoms with van der Waals surface area (Å²) in [6.45, 7) is 4.77. The van der Waals surface area contributed by atoms with E-state index < -0.39 is 5.41 Å². The average molecular weight is 857 g/mol. The summed E-state index contributed by atoms with van der Waals surface area (Å²) >= 11 is 0. The van der Waals surface area contributed by atoms with Gasteiger partial charge in [-0.3, -0.25) is 0 Å². The van der Waals surface area contributed by atoms with Crippen LogP contribution >= 0.6 is 0 Å². The van der Waals surface area contributed by atoms with Crippen LogP contribution in [0.25, 0.3) is 44.5 Å². The van der Waals surface area contributed by atoms with Crippen molar-refractivity contribution < 1.29 is 4.74 Å². The zero-order chi connectivity index (χ0) is 44.4. The molecule has 316 valence electrons. The van der Waals surface area contributed by atoms with Gasteiger partial charge in [-0.05, 0) is 139 Å². The third-order valence-electron chi connectivity index (χ3n) is 15.1. The lowest BCUT2D eigenvalue weighted by atomic mass is 9.70. The number of benzene rings is 10. The number of rotatable bonds is 4. The van der Waals surface area contributed by atoms with Crippen molar-refractivity contribution in [2.45, 2.75) is 24.7 Å². The maximum atomic E-state index is 6.55. The van der Waals surface area contributed by atoms with Crippen molar-refractivity contribution in [2.75, 3.05) is 9.80 Å². The van der Waals surface area contributed by atoms with Crippen LogP contribution in [0.1, 0.15) is 47.2 Å². The molecule has 3 heteroatoms. The Morgan fingerprint density at radius 3 is 1.49 bits per heavy atom. The summed E-state index contributed by atoms with van der Waals surface area (Å²) in [6, 6.07) is 85.0. The van der Waals surface area contributed by atoms with Gasteiger partial charge in [-0.2, -0.15) is 0 Å². The quantitative estimate of drug-likeness (QED) is 0.175. The third kappa shape index (κ3) is 5.23. The van der Waals surface area contributed by atoms with Crippen LogP contribution in [-0.4, -0.2) is 0 Å². The minimum Gasteiger partial charge on any atom is -0.453 e. The van der Waals surface area contributed by atoms with Gasteiger partial charge in [0.25, 0.3) is 0 Å². The molecule has 2 aliphatic carbocycles. The predicted molar refractivity (Wildman–Crippen MR) is 275 cm³/mol. The molecule has 4 aliphatic rings. The second-order valence-corrected chi connectivity index (χ2v) is 18.8. The van der Waals surface area contributed by atoms with E-state index in [4.69, 9.17) is 4.74 Å². The van der Waals surface area contributed by atoms with Crippen LogP contribution in [0.15, 0.2) is 231 Å². The molecule has 10 aromatic rings. The van der Waals surface area contributed by atoms with Crippen molar-refractivity contribution >= 4 is 34.1 Å². The van der Waals surface area contributed by atoms with E-state index in [2.05, 4.69) is 254 Å². The third-order valence-corrected chi connectivity index (χ3v) is 15.1. The van der Waals surface area contributed by atoms with E-state index in [1.807, 2.05) is 0 Å². The molecule has 10 aromatic carbocycles. The van der Waals surface area contributed by atoms with Crippen LogP contribution in [0.3, 0.4) is 0 Å². The molecule has 0 aromatic heterocycles. The van der Waals surface area contributed by atoms with Crippen molar-refractivity contribution in [3.8, 4) is 56.0 Å². The molecular formula is C64H44N2O. The number of ether oxygens (including phenoxy) is 1. The summed E-state index contributed by atoms with van der Waals surface area (Å²) < 4.78 is 6.55. The molecule has 3 nitrogen and oxygen atoms in total. The molecule has 2 aliphatic heterocycles. The second-order valence-electron chi connectivity index (χ2n) is 18.8. The van der Waals surface area contributed by atoms with E-state index in [0.717, 1.165) is 34.2 Å². The van der Waals surface area contributed by atoms with Crippen LogP contribution < -0.4 is 14.5 Å². The fourth-order valence-corrected chi connectivity index (χ4v) is 12.1.